The van der Waals surface area contributed by atoms with E-state index in [0.717, 1.165) is 12.0 Å². The molecule has 23 heavy (non-hydrogen) atoms. The Morgan fingerprint density at radius 3 is 1.65 bits per heavy atom. The summed E-state index contributed by atoms with van der Waals surface area (Å²) in [5.74, 6) is 0.731. The van der Waals surface area contributed by atoms with Crippen molar-refractivity contribution in [2.75, 3.05) is 0 Å². The average molecular weight is 423 g/mol. The van der Waals surface area contributed by atoms with Crippen LogP contribution in [-0.4, -0.2) is 27.5 Å². The van der Waals surface area contributed by atoms with Crippen LogP contribution in [0.5, 0.6) is 0 Å². The molecule has 2 rings (SSSR count). The fourth-order valence-corrected chi connectivity index (χ4v) is 8.97. The first-order valence-electron chi connectivity index (χ1n) is 10.1. The van der Waals surface area contributed by atoms with Gasteiger partial charge in [-0.05, 0) is 0 Å². The van der Waals surface area contributed by atoms with Crippen LogP contribution in [0.3, 0.4) is 0 Å². The van der Waals surface area contributed by atoms with Crippen LogP contribution in [0.15, 0.2) is 20.3 Å². The molecule has 1 N–H and O–H groups in total. The molecule has 0 aromatic heterocycles. The second-order valence-electron chi connectivity index (χ2n) is 7.88. The Morgan fingerprint density at radius 2 is 1.22 bits per heavy atom. The van der Waals surface area contributed by atoms with E-state index in [1.54, 1.807) is 16.7 Å². The molecule has 0 spiro atoms. The average Bonchev–Trinajstić information content (AvgIpc) is 2.71. The fraction of sp³-hybridized carbons (Fsp3) is 0.810. The first-order valence-corrected chi connectivity index (χ1v) is 13.4. The third-order valence-corrected chi connectivity index (χ3v) is 11.7. The van der Waals surface area contributed by atoms with Gasteiger partial charge in [0.1, 0.15) is 0 Å². The first kappa shape index (κ1) is 19.6. The van der Waals surface area contributed by atoms with Crippen molar-refractivity contribution >= 4 is 21.4 Å². The Morgan fingerprint density at radius 1 is 0.739 bits per heavy atom. The van der Waals surface area contributed by atoms with E-state index < -0.39 is 21.4 Å². The fourth-order valence-electron chi connectivity index (χ4n) is 4.17. The maximum atomic E-state index is 4.12. The SMILES string of the molecule is CC1=C(C)C(C)[C]([SnH][NH]C2CCCCCCCCCCC2)=C1C. The summed E-state index contributed by atoms with van der Waals surface area (Å²) >= 11 is -0.803. The monoisotopic (exact) mass is 424 g/mol. The van der Waals surface area contributed by atoms with Gasteiger partial charge in [0.25, 0.3) is 0 Å². The van der Waals surface area contributed by atoms with Crippen LogP contribution in [-0.2, 0) is 0 Å². The standard InChI is InChI=1S/C12H24N.C9H13.Sn.H/c13-12-10-8-6-4-2-1-3-5-7-9-11-12;1-6-5-7(2)9(4)8(6)3;;/h12-13H,1-11H2;6H,1-4H3;;/q-1;;+1;. The number of allylic oxidation sites excluding steroid dienone is 4. The van der Waals surface area contributed by atoms with Crippen molar-refractivity contribution in [2.24, 2.45) is 5.92 Å². The van der Waals surface area contributed by atoms with Gasteiger partial charge in [-0.2, -0.15) is 0 Å². The molecule has 0 aromatic carbocycles. The predicted octanol–water partition coefficient (Wildman–Crippen LogP) is 5.86. The van der Waals surface area contributed by atoms with Gasteiger partial charge in [0, 0.05) is 0 Å². The quantitative estimate of drug-likeness (QED) is 0.561. The van der Waals surface area contributed by atoms with E-state index in [-0.39, 0.29) is 0 Å². The van der Waals surface area contributed by atoms with Gasteiger partial charge in [-0.1, -0.05) is 0 Å². The van der Waals surface area contributed by atoms with Crippen LogP contribution < -0.4 is 3.54 Å². The number of hydrogen-bond acceptors (Lipinski definition) is 1. The van der Waals surface area contributed by atoms with Crippen molar-refractivity contribution in [1.29, 1.82) is 0 Å². The predicted molar refractivity (Wildman–Crippen MR) is 105 cm³/mol. The molecule has 0 bridgehead atoms. The molecule has 1 radical (unpaired) electrons. The second kappa shape index (κ2) is 10.3. The molecule has 1 nitrogen and oxygen atoms in total. The zero-order valence-electron chi connectivity index (χ0n) is 16.0. The molecule has 2 heteroatoms. The van der Waals surface area contributed by atoms with Crippen LogP contribution in [0.25, 0.3) is 0 Å². The molecule has 1 atom stereocenters. The zero-order valence-corrected chi connectivity index (χ0v) is 19.3. The molecular weight excluding hydrogens is 385 g/mol. The summed E-state index contributed by atoms with van der Waals surface area (Å²) < 4.78 is 5.96. The molecule has 0 amide bonds. The van der Waals surface area contributed by atoms with Gasteiger partial charge in [-0.15, -0.1) is 0 Å². The van der Waals surface area contributed by atoms with E-state index in [2.05, 4.69) is 31.2 Å². The van der Waals surface area contributed by atoms with Gasteiger partial charge in [0.05, 0.1) is 0 Å². The van der Waals surface area contributed by atoms with Gasteiger partial charge >= 0.3 is 156 Å². The summed E-state index contributed by atoms with van der Waals surface area (Å²) in [5, 5.41) is 0. The van der Waals surface area contributed by atoms with E-state index in [1.165, 1.54) is 70.6 Å². The number of hydrogen-bond donors (Lipinski definition) is 1. The van der Waals surface area contributed by atoms with Crippen LogP contribution in [0.4, 0.5) is 0 Å². The van der Waals surface area contributed by atoms with Crippen molar-refractivity contribution in [3.8, 4) is 0 Å². The number of rotatable bonds is 3. The zero-order chi connectivity index (χ0) is 16.7. The van der Waals surface area contributed by atoms with Gasteiger partial charge in [-0.3, -0.25) is 0 Å². The minimum absolute atomic E-state index is 0.731. The van der Waals surface area contributed by atoms with Crippen LogP contribution >= 0.6 is 0 Å². The number of nitrogens with one attached hydrogen (secondary N) is 1. The Balaban J connectivity index is 1.84. The molecule has 1 fully saturated rings. The van der Waals surface area contributed by atoms with Crippen molar-refractivity contribution in [3.63, 3.8) is 0 Å². The van der Waals surface area contributed by atoms with Crippen LogP contribution in [0.1, 0.15) is 98.3 Å². The molecule has 0 aliphatic heterocycles. The topological polar surface area (TPSA) is 12.0 Å². The Labute approximate surface area is 155 Å². The van der Waals surface area contributed by atoms with Crippen LogP contribution in [0.2, 0.25) is 0 Å². The summed E-state index contributed by atoms with van der Waals surface area (Å²) in [5.41, 5.74) is 4.85. The normalized spacial score (nSPS) is 26.3. The first-order chi connectivity index (χ1) is 11.1. The third-order valence-electron chi connectivity index (χ3n) is 6.28. The molecule has 0 heterocycles. The summed E-state index contributed by atoms with van der Waals surface area (Å²) in [6.07, 6.45) is 16.1. The molecule has 0 aromatic rings. The summed E-state index contributed by atoms with van der Waals surface area (Å²) in [4.78, 5) is 0. The van der Waals surface area contributed by atoms with Gasteiger partial charge in [-0.25, -0.2) is 0 Å². The third kappa shape index (κ3) is 5.92. The minimum atomic E-state index is -0.803. The molecule has 2 aliphatic rings. The van der Waals surface area contributed by atoms with Crippen molar-refractivity contribution in [3.05, 3.63) is 20.3 Å². The van der Waals surface area contributed by atoms with Crippen LogP contribution in [0, 0.1) is 5.92 Å². The van der Waals surface area contributed by atoms with E-state index in [1.807, 2.05) is 3.59 Å². The molecule has 0 saturated heterocycles. The van der Waals surface area contributed by atoms with E-state index >= 15 is 0 Å². The Kier molecular flexibility index (Phi) is 8.74. The van der Waals surface area contributed by atoms with Crippen molar-refractivity contribution < 1.29 is 0 Å². The molecule has 1 saturated carbocycles. The molecule has 2 aliphatic carbocycles. The van der Waals surface area contributed by atoms with Crippen molar-refractivity contribution in [1.82, 2.24) is 3.54 Å². The second-order valence-corrected chi connectivity index (χ2v) is 11.4. The van der Waals surface area contributed by atoms with Gasteiger partial charge in [0.2, 0.25) is 0 Å². The van der Waals surface area contributed by atoms with E-state index in [0.29, 0.717) is 0 Å². The molecular formula is C21H38NSn. The van der Waals surface area contributed by atoms with E-state index in [9.17, 15) is 0 Å². The Bertz CT molecular complexity index is 423. The van der Waals surface area contributed by atoms with E-state index in [4.69, 9.17) is 0 Å². The Hall–Kier alpha value is 0.239. The maximum absolute atomic E-state index is 4.12. The van der Waals surface area contributed by atoms with Crippen molar-refractivity contribution in [2.45, 2.75) is 104 Å². The molecule has 1 unspecified atom stereocenters. The van der Waals surface area contributed by atoms with Gasteiger partial charge in [0.15, 0.2) is 0 Å². The molecule has 131 valence electrons. The van der Waals surface area contributed by atoms with Gasteiger partial charge < -0.3 is 0 Å². The summed E-state index contributed by atoms with van der Waals surface area (Å²) in [6, 6.07) is 0.823. The summed E-state index contributed by atoms with van der Waals surface area (Å²) in [6.45, 7) is 9.47. The summed E-state index contributed by atoms with van der Waals surface area (Å²) in [7, 11) is 0.